The molecular weight excluding hydrogens is 272 g/mol. The van der Waals surface area contributed by atoms with Gasteiger partial charge in [-0.1, -0.05) is 11.6 Å². The predicted molar refractivity (Wildman–Crippen MR) is 76.9 cm³/mol. The summed E-state index contributed by atoms with van der Waals surface area (Å²) in [5, 5.41) is 6.11. The minimum absolute atomic E-state index is 0.0776. The first-order chi connectivity index (χ1) is 8.45. The summed E-state index contributed by atoms with van der Waals surface area (Å²) in [6, 6.07) is 5.07. The lowest BCUT2D eigenvalue weighted by atomic mass is 10.1. The third-order valence-corrected chi connectivity index (χ3v) is 4.15. The highest BCUT2D eigenvalue weighted by atomic mass is 35.5. The Balaban J connectivity index is 2.78. The SMILES string of the molecule is CNc1ccc(Cl)cc1C(=O)NCC(C)S(C)=O. The predicted octanol–water partition coefficient (Wildman–Crippen LogP) is 1.88. The summed E-state index contributed by atoms with van der Waals surface area (Å²) in [5.74, 6) is -0.223. The van der Waals surface area contributed by atoms with Crippen LogP contribution in [0.4, 0.5) is 5.69 Å². The van der Waals surface area contributed by atoms with E-state index in [4.69, 9.17) is 11.6 Å². The molecule has 0 radical (unpaired) electrons. The van der Waals surface area contributed by atoms with E-state index in [9.17, 15) is 9.00 Å². The molecule has 0 saturated carbocycles. The average molecular weight is 289 g/mol. The Kier molecular flexibility index (Phi) is 5.62. The molecule has 18 heavy (non-hydrogen) atoms. The molecule has 0 heterocycles. The molecule has 0 saturated heterocycles. The number of amides is 1. The van der Waals surface area contributed by atoms with Gasteiger partial charge >= 0.3 is 0 Å². The molecule has 1 rings (SSSR count). The van der Waals surface area contributed by atoms with Crippen LogP contribution >= 0.6 is 11.6 Å². The van der Waals surface area contributed by atoms with Gasteiger partial charge in [0.25, 0.3) is 5.91 Å². The maximum Gasteiger partial charge on any atom is 0.253 e. The maximum atomic E-state index is 12.0. The Morgan fingerprint density at radius 1 is 1.50 bits per heavy atom. The van der Waals surface area contributed by atoms with Crippen LogP contribution in [0.2, 0.25) is 5.02 Å². The van der Waals surface area contributed by atoms with Gasteiger partial charge in [0.05, 0.1) is 5.56 Å². The first kappa shape index (κ1) is 15.0. The second-order valence-corrected chi connectivity index (χ2v) is 6.20. The van der Waals surface area contributed by atoms with Crippen LogP contribution in [-0.2, 0) is 10.8 Å². The summed E-state index contributed by atoms with van der Waals surface area (Å²) >= 11 is 5.87. The van der Waals surface area contributed by atoms with Gasteiger partial charge in [-0.3, -0.25) is 9.00 Å². The average Bonchev–Trinajstić information content (AvgIpc) is 2.35. The van der Waals surface area contributed by atoms with E-state index in [1.165, 1.54) is 0 Å². The van der Waals surface area contributed by atoms with E-state index >= 15 is 0 Å². The number of carbonyl (C=O) groups excluding carboxylic acids is 1. The summed E-state index contributed by atoms with van der Waals surface area (Å²) in [7, 11) is 0.789. The molecule has 1 aromatic carbocycles. The first-order valence-electron chi connectivity index (χ1n) is 5.53. The van der Waals surface area contributed by atoms with Crippen molar-refractivity contribution in [2.75, 3.05) is 25.2 Å². The number of carbonyl (C=O) groups is 1. The third kappa shape index (κ3) is 3.99. The zero-order chi connectivity index (χ0) is 13.7. The normalized spacial score (nSPS) is 13.8. The topological polar surface area (TPSA) is 58.2 Å². The van der Waals surface area contributed by atoms with Crippen molar-refractivity contribution in [3.05, 3.63) is 28.8 Å². The van der Waals surface area contributed by atoms with Gasteiger partial charge in [-0.25, -0.2) is 0 Å². The van der Waals surface area contributed by atoms with Crippen molar-refractivity contribution < 1.29 is 9.00 Å². The lowest BCUT2D eigenvalue weighted by molar-refractivity contribution is 0.0955. The van der Waals surface area contributed by atoms with E-state index in [0.717, 1.165) is 0 Å². The molecule has 0 aromatic heterocycles. The van der Waals surface area contributed by atoms with Gasteiger partial charge in [-0.2, -0.15) is 0 Å². The highest BCUT2D eigenvalue weighted by Crippen LogP contribution is 2.20. The monoisotopic (exact) mass is 288 g/mol. The minimum atomic E-state index is -0.951. The Labute approximate surface area is 115 Å². The number of hydrogen-bond donors (Lipinski definition) is 2. The van der Waals surface area contributed by atoms with Crippen molar-refractivity contribution in [2.24, 2.45) is 0 Å². The number of halogens is 1. The van der Waals surface area contributed by atoms with Gasteiger partial charge in [0.1, 0.15) is 0 Å². The molecule has 2 N–H and O–H groups in total. The van der Waals surface area contributed by atoms with E-state index in [-0.39, 0.29) is 11.2 Å². The quantitative estimate of drug-likeness (QED) is 0.870. The van der Waals surface area contributed by atoms with Gasteiger partial charge in [0, 0.05) is 46.6 Å². The summed E-state index contributed by atoms with van der Waals surface area (Å²) in [6.45, 7) is 2.20. The zero-order valence-electron chi connectivity index (χ0n) is 10.6. The fourth-order valence-electron chi connectivity index (χ4n) is 1.37. The molecular formula is C12H17ClN2O2S. The molecule has 2 atom stereocenters. The highest BCUT2D eigenvalue weighted by molar-refractivity contribution is 7.84. The van der Waals surface area contributed by atoms with E-state index in [1.807, 2.05) is 6.92 Å². The number of rotatable bonds is 5. The van der Waals surface area contributed by atoms with Gasteiger partial charge in [0.15, 0.2) is 0 Å². The molecule has 1 amide bonds. The summed E-state index contributed by atoms with van der Waals surface area (Å²) in [4.78, 5) is 12.0. The molecule has 0 spiro atoms. The van der Waals surface area contributed by atoms with Crippen molar-refractivity contribution in [3.63, 3.8) is 0 Å². The van der Waals surface area contributed by atoms with Crippen LogP contribution in [0.1, 0.15) is 17.3 Å². The van der Waals surface area contributed by atoms with E-state index < -0.39 is 10.8 Å². The molecule has 1 aromatic rings. The summed E-state index contributed by atoms with van der Waals surface area (Å²) in [5.41, 5.74) is 1.20. The Morgan fingerprint density at radius 2 is 2.17 bits per heavy atom. The van der Waals surface area contributed by atoms with Crippen LogP contribution in [-0.4, -0.2) is 35.2 Å². The van der Waals surface area contributed by atoms with Crippen molar-refractivity contribution in [1.29, 1.82) is 0 Å². The van der Waals surface area contributed by atoms with Gasteiger partial charge in [-0.15, -0.1) is 0 Å². The molecule has 0 aliphatic heterocycles. The number of anilines is 1. The smallest absolute Gasteiger partial charge is 0.253 e. The second kappa shape index (κ2) is 6.75. The molecule has 0 aliphatic rings. The maximum absolute atomic E-state index is 12.0. The van der Waals surface area contributed by atoms with Gasteiger partial charge in [-0.05, 0) is 25.1 Å². The number of nitrogens with one attached hydrogen (secondary N) is 2. The van der Waals surface area contributed by atoms with Crippen LogP contribution in [0.15, 0.2) is 18.2 Å². The van der Waals surface area contributed by atoms with Gasteiger partial charge in [0.2, 0.25) is 0 Å². The largest absolute Gasteiger partial charge is 0.387 e. The molecule has 4 nitrogen and oxygen atoms in total. The third-order valence-electron chi connectivity index (χ3n) is 2.61. The van der Waals surface area contributed by atoms with Crippen LogP contribution in [0, 0.1) is 0 Å². The molecule has 0 aliphatic carbocycles. The fourth-order valence-corrected chi connectivity index (χ4v) is 1.86. The van der Waals surface area contributed by atoms with E-state index in [2.05, 4.69) is 10.6 Å². The van der Waals surface area contributed by atoms with Crippen LogP contribution in [0.5, 0.6) is 0 Å². The minimum Gasteiger partial charge on any atom is -0.387 e. The first-order valence-corrected chi connectivity index (χ1v) is 7.53. The van der Waals surface area contributed by atoms with Crippen LogP contribution < -0.4 is 10.6 Å². The second-order valence-electron chi connectivity index (χ2n) is 3.96. The standard InChI is InChI=1S/C12H17ClN2O2S/c1-8(18(3)17)7-15-12(16)10-6-9(13)4-5-11(10)14-2/h4-6,8,14H,7H2,1-3H3,(H,15,16). The number of benzene rings is 1. The molecule has 0 fully saturated rings. The van der Waals surface area contributed by atoms with Crippen molar-refractivity contribution >= 4 is 34.0 Å². The molecule has 2 unspecified atom stereocenters. The molecule has 6 heteroatoms. The van der Waals surface area contributed by atoms with Gasteiger partial charge < -0.3 is 10.6 Å². The lowest BCUT2D eigenvalue weighted by Crippen LogP contribution is -2.32. The zero-order valence-corrected chi connectivity index (χ0v) is 12.2. The number of hydrogen-bond acceptors (Lipinski definition) is 3. The fraction of sp³-hybridized carbons (Fsp3) is 0.417. The van der Waals surface area contributed by atoms with Crippen molar-refractivity contribution in [1.82, 2.24) is 5.32 Å². The highest BCUT2D eigenvalue weighted by Gasteiger charge is 2.13. The Morgan fingerprint density at radius 3 is 2.72 bits per heavy atom. The Hall–Kier alpha value is -1.07. The summed E-state index contributed by atoms with van der Waals surface area (Å²) < 4.78 is 11.2. The van der Waals surface area contributed by atoms with Crippen LogP contribution in [0.3, 0.4) is 0 Å². The molecule has 100 valence electrons. The van der Waals surface area contributed by atoms with Crippen molar-refractivity contribution in [2.45, 2.75) is 12.2 Å². The lowest BCUT2D eigenvalue weighted by Gasteiger charge is -2.12. The van der Waals surface area contributed by atoms with Crippen LogP contribution in [0.25, 0.3) is 0 Å². The Bertz CT molecular complexity index is 465. The molecule has 0 bridgehead atoms. The summed E-state index contributed by atoms with van der Waals surface area (Å²) in [6.07, 6.45) is 1.62. The van der Waals surface area contributed by atoms with E-state index in [0.29, 0.717) is 22.8 Å². The van der Waals surface area contributed by atoms with Crippen molar-refractivity contribution in [3.8, 4) is 0 Å². The van der Waals surface area contributed by atoms with E-state index in [1.54, 1.807) is 31.5 Å².